The van der Waals surface area contributed by atoms with Gasteiger partial charge in [-0.3, -0.25) is 4.79 Å². The first-order chi connectivity index (χ1) is 16.5. The number of carbonyl (C=O) groups excluding carboxylic acids is 1. The lowest BCUT2D eigenvalue weighted by Crippen LogP contribution is -2.51. The van der Waals surface area contributed by atoms with Crippen molar-refractivity contribution in [3.05, 3.63) is 52.4 Å². The second-order valence-electron chi connectivity index (χ2n) is 10.2. The lowest BCUT2D eigenvalue weighted by atomic mass is 9.96. The van der Waals surface area contributed by atoms with Crippen molar-refractivity contribution < 1.29 is 4.79 Å². The van der Waals surface area contributed by atoms with Crippen LogP contribution in [0.1, 0.15) is 74.1 Å². The molecule has 1 amide bonds. The monoisotopic (exact) mass is 481 g/mol. The highest BCUT2D eigenvalue weighted by molar-refractivity contribution is 6.30. The van der Waals surface area contributed by atoms with Gasteiger partial charge in [0.2, 0.25) is 5.91 Å². The Morgan fingerprint density at radius 2 is 1.76 bits per heavy atom. The van der Waals surface area contributed by atoms with Gasteiger partial charge in [0.1, 0.15) is 12.1 Å². The molecule has 34 heavy (non-hydrogen) atoms. The number of carbonyl (C=O) groups is 1. The van der Waals surface area contributed by atoms with Gasteiger partial charge in [-0.1, -0.05) is 37.6 Å². The van der Waals surface area contributed by atoms with Crippen molar-refractivity contribution in [1.82, 2.24) is 19.8 Å². The van der Waals surface area contributed by atoms with E-state index in [4.69, 9.17) is 16.6 Å². The van der Waals surface area contributed by atoms with Crippen LogP contribution in [0.3, 0.4) is 0 Å². The molecule has 2 aromatic rings. The fourth-order valence-electron chi connectivity index (χ4n) is 6.07. The highest BCUT2D eigenvalue weighted by Crippen LogP contribution is 2.45. The van der Waals surface area contributed by atoms with Gasteiger partial charge in [0.25, 0.3) is 0 Å². The number of anilines is 1. The van der Waals surface area contributed by atoms with Gasteiger partial charge in [-0.05, 0) is 62.4 Å². The Kier molecular flexibility index (Phi) is 7.07. The van der Waals surface area contributed by atoms with Crippen LogP contribution in [0, 0.1) is 0 Å². The maximum absolute atomic E-state index is 13.8. The summed E-state index contributed by atoms with van der Waals surface area (Å²) in [5, 5.41) is 0.710. The Labute approximate surface area is 208 Å². The normalized spacial score (nSPS) is 23.9. The zero-order chi connectivity index (χ0) is 23.7. The van der Waals surface area contributed by atoms with Crippen molar-refractivity contribution in [2.75, 3.05) is 50.7 Å². The first-order valence-corrected chi connectivity index (χ1v) is 13.3. The highest BCUT2D eigenvalue weighted by atomic mass is 35.5. The second kappa shape index (κ2) is 10.2. The molecule has 7 heteroatoms. The highest BCUT2D eigenvalue weighted by Gasteiger charge is 2.35. The molecule has 3 unspecified atom stereocenters. The number of fused-ring (bicyclic) bond motifs is 1. The Morgan fingerprint density at radius 3 is 2.44 bits per heavy atom. The predicted molar refractivity (Wildman–Crippen MR) is 137 cm³/mol. The molecule has 3 aliphatic rings. The molecule has 3 atom stereocenters. The molecule has 1 aliphatic carbocycles. The molecule has 5 rings (SSSR count). The van der Waals surface area contributed by atoms with Crippen LogP contribution < -0.4 is 4.90 Å². The average molecular weight is 482 g/mol. The number of halogens is 1. The molecule has 182 valence electrons. The summed E-state index contributed by atoms with van der Waals surface area (Å²) in [6.45, 7) is 10.6. The lowest BCUT2D eigenvalue weighted by molar-refractivity contribution is -0.133. The summed E-state index contributed by atoms with van der Waals surface area (Å²) in [6.07, 6.45) is 6.47. The number of hydrogen-bond acceptors (Lipinski definition) is 5. The molecule has 0 saturated carbocycles. The molecule has 0 bridgehead atoms. The third-order valence-corrected chi connectivity index (χ3v) is 8.26. The zero-order valence-corrected chi connectivity index (χ0v) is 21.2. The van der Waals surface area contributed by atoms with E-state index < -0.39 is 0 Å². The summed E-state index contributed by atoms with van der Waals surface area (Å²) in [7, 11) is 0. The third kappa shape index (κ3) is 4.67. The van der Waals surface area contributed by atoms with E-state index in [1.807, 2.05) is 24.3 Å². The summed E-state index contributed by atoms with van der Waals surface area (Å²) in [5.74, 6) is 2.22. The quantitative estimate of drug-likeness (QED) is 0.600. The third-order valence-electron chi connectivity index (χ3n) is 8.00. The minimum atomic E-state index is -0.143. The molecule has 3 heterocycles. The zero-order valence-electron chi connectivity index (χ0n) is 20.4. The molecule has 0 N–H and O–H groups in total. The summed E-state index contributed by atoms with van der Waals surface area (Å²) in [4.78, 5) is 30.0. The van der Waals surface area contributed by atoms with E-state index in [0.29, 0.717) is 16.9 Å². The molecule has 2 saturated heterocycles. The van der Waals surface area contributed by atoms with Gasteiger partial charge in [-0.25, -0.2) is 9.97 Å². The summed E-state index contributed by atoms with van der Waals surface area (Å²) in [6, 6.07) is 7.85. The molecular weight excluding hydrogens is 446 g/mol. The molecule has 2 fully saturated rings. The van der Waals surface area contributed by atoms with Crippen molar-refractivity contribution in [2.24, 2.45) is 0 Å². The fourth-order valence-corrected chi connectivity index (χ4v) is 6.20. The summed E-state index contributed by atoms with van der Waals surface area (Å²) in [5.41, 5.74) is 3.64. The van der Waals surface area contributed by atoms with Crippen molar-refractivity contribution in [3.63, 3.8) is 0 Å². The second-order valence-corrected chi connectivity index (χ2v) is 10.6. The van der Waals surface area contributed by atoms with Gasteiger partial charge in [0, 0.05) is 49.2 Å². The van der Waals surface area contributed by atoms with Crippen molar-refractivity contribution >= 4 is 23.3 Å². The van der Waals surface area contributed by atoms with Gasteiger partial charge >= 0.3 is 0 Å². The SMILES string of the molecule is CCC1CC(C)c2c1ncnc2N1CCN(C(=O)C(CN2CCCC2)c2ccc(Cl)cc2)CC1. The molecule has 2 aliphatic heterocycles. The number of likely N-dealkylation sites (tertiary alicyclic amines) is 1. The van der Waals surface area contributed by atoms with E-state index in [-0.39, 0.29) is 11.8 Å². The molecule has 1 aromatic heterocycles. The van der Waals surface area contributed by atoms with E-state index in [0.717, 1.165) is 70.0 Å². The van der Waals surface area contributed by atoms with Crippen molar-refractivity contribution in [1.29, 1.82) is 0 Å². The van der Waals surface area contributed by atoms with E-state index in [1.54, 1.807) is 6.33 Å². The van der Waals surface area contributed by atoms with Crippen molar-refractivity contribution in [3.8, 4) is 0 Å². The Balaban J connectivity index is 1.30. The van der Waals surface area contributed by atoms with Crippen LogP contribution in [-0.4, -0.2) is 71.5 Å². The summed E-state index contributed by atoms with van der Waals surface area (Å²) >= 11 is 6.14. The maximum atomic E-state index is 13.8. The number of piperazine rings is 1. The van der Waals surface area contributed by atoms with Crippen LogP contribution in [-0.2, 0) is 4.79 Å². The van der Waals surface area contributed by atoms with Crippen molar-refractivity contribution in [2.45, 2.75) is 57.3 Å². The minimum absolute atomic E-state index is 0.143. The van der Waals surface area contributed by atoms with E-state index in [1.165, 1.54) is 24.1 Å². The van der Waals surface area contributed by atoms with E-state index in [9.17, 15) is 4.79 Å². The molecular formula is C27H36ClN5O. The number of nitrogens with zero attached hydrogens (tertiary/aromatic N) is 5. The minimum Gasteiger partial charge on any atom is -0.353 e. The van der Waals surface area contributed by atoms with Crippen LogP contribution in [0.2, 0.25) is 5.02 Å². The first kappa shape index (κ1) is 23.6. The van der Waals surface area contributed by atoms with E-state index in [2.05, 4.69) is 33.5 Å². The smallest absolute Gasteiger partial charge is 0.231 e. The van der Waals surface area contributed by atoms with Gasteiger partial charge in [-0.15, -0.1) is 0 Å². The van der Waals surface area contributed by atoms with Crippen LogP contribution in [0.4, 0.5) is 5.82 Å². The molecule has 0 spiro atoms. The Morgan fingerprint density at radius 1 is 1.06 bits per heavy atom. The summed E-state index contributed by atoms with van der Waals surface area (Å²) < 4.78 is 0. The molecule has 0 radical (unpaired) electrons. The van der Waals surface area contributed by atoms with Crippen LogP contribution in [0.25, 0.3) is 0 Å². The number of aromatic nitrogens is 2. The number of rotatable bonds is 6. The van der Waals surface area contributed by atoms with E-state index >= 15 is 0 Å². The van der Waals surface area contributed by atoms with Crippen LogP contribution in [0.15, 0.2) is 30.6 Å². The van der Waals surface area contributed by atoms with Crippen LogP contribution >= 0.6 is 11.6 Å². The topological polar surface area (TPSA) is 52.6 Å². The lowest BCUT2D eigenvalue weighted by Gasteiger charge is -2.38. The van der Waals surface area contributed by atoms with Gasteiger partial charge in [0.05, 0.1) is 11.6 Å². The predicted octanol–water partition coefficient (Wildman–Crippen LogP) is 4.66. The maximum Gasteiger partial charge on any atom is 0.231 e. The average Bonchev–Trinajstić information content (AvgIpc) is 3.50. The number of benzene rings is 1. The number of amides is 1. The van der Waals surface area contributed by atoms with Gasteiger partial charge in [-0.2, -0.15) is 0 Å². The van der Waals surface area contributed by atoms with Gasteiger partial charge < -0.3 is 14.7 Å². The molecule has 6 nitrogen and oxygen atoms in total. The van der Waals surface area contributed by atoms with Crippen LogP contribution in [0.5, 0.6) is 0 Å². The Bertz CT molecular complexity index is 999. The Hall–Kier alpha value is -2.18. The largest absolute Gasteiger partial charge is 0.353 e. The number of hydrogen-bond donors (Lipinski definition) is 0. The standard InChI is InChI=1S/C27H36ClN5O/c1-3-20-16-19(2)24-25(20)29-18-30-26(24)32-12-14-33(15-13-32)27(34)23(17-31-10-4-5-11-31)21-6-8-22(28)9-7-21/h6-9,18-20,23H,3-5,10-17H2,1-2H3. The molecule has 1 aromatic carbocycles. The fraction of sp³-hybridized carbons (Fsp3) is 0.593. The first-order valence-electron chi connectivity index (χ1n) is 12.9. The van der Waals surface area contributed by atoms with Gasteiger partial charge in [0.15, 0.2) is 0 Å².